The van der Waals surface area contributed by atoms with Crippen molar-refractivity contribution < 1.29 is 9.90 Å². The molecule has 1 aliphatic rings. The van der Waals surface area contributed by atoms with Crippen LogP contribution in [0.4, 0.5) is 0 Å². The molecule has 0 radical (unpaired) electrons. The van der Waals surface area contributed by atoms with Gasteiger partial charge in [0.2, 0.25) is 0 Å². The number of hydrogen-bond acceptors (Lipinski definition) is 3. The van der Waals surface area contributed by atoms with Crippen molar-refractivity contribution in [3.63, 3.8) is 0 Å². The zero-order chi connectivity index (χ0) is 9.97. The Morgan fingerprint density at radius 3 is 3.14 bits per heavy atom. The second-order valence-electron chi connectivity index (χ2n) is 3.38. The molecule has 3 nitrogen and oxygen atoms in total. The summed E-state index contributed by atoms with van der Waals surface area (Å²) in [5.41, 5.74) is 1.10. The minimum Gasteiger partial charge on any atom is -0.481 e. The standard InChI is InChI=1S/C10H11NO2S/c12-10(13)8-3-1-2-7(6-8)9-11-4-5-14-9/h2,4-5,8H,1,3,6H2,(H,12,13). The van der Waals surface area contributed by atoms with Crippen molar-refractivity contribution >= 4 is 22.9 Å². The highest BCUT2D eigenvalue weighted by Crippen LogP contribution is 2.31. The summed E-state index contributed by atoms with van der Waals surface area (Å²) >= 11 is 1.57. The fraction of sp³-hybridized carbons (Fsp3) is 0.400. The highest BCUT2D eigenvalue weighted by Gasteiger charge is 2.23. The molecule has 2 rings (SSSR count). The minimum atomic E-state index is -0.688. The van der Waals surface area contributed by atoms with Gasteiger partial charge >= 0.3 is 5.97 Å². The Kier molecular flexibility index (Phi) is 2.63. The Bertz CT molecular complexity index is 356. The molecule has 1 aromatic rings. The van der Waals surface area contributed by atoms with E-state index in [1.807, 2.05) is 5.38 Å². The third-order valence-electron chi connectivity index (χ3n) is 2.43. The van der Waals surface area contributed by atoms with Crippen LogP contribution < -0.4 is 0 Å². The van der Waals surface area contributed by atoms with Gasteiger partial charge in [-0.2, -0.15) is 0 Å². The SMILES string of the molecule is O=C(O)C1CCC=C(c2nccs2)C1. The number of nitrogens with zero attached hydrogens (tertiary/aromatic N) is 1. The zero-order valence-electron chi connectivity index (χ0n) is 7.64. The molecule has 4 heteroatoms. The van der Waals surface area contributed by atoms with E-state index in [2.05, 4.69) is 11.1 Å². The smallest absolute Gasteiger partial charge is 0.306 e. The topological polar surface area (TPSA) is 50.2 Å². The predicted molar refractivity (Wildman–Crippen MR) is 55.1 cm³/mol. The van der Waals surface area contributed by atoms with E-state index in [9.17, 15) is 4.79 Å². The van der Waals surface area contributed by atoms with Gasteiger partial charge in [-0.1, -0.05) is 6.08 Å². The number of carboxylic acids is 1. The highest BCUT2D eigenvalue weighted by atomic mass is 32.1. The van der Waals surface area contributed by atoms with Crippen molar-refractivity contribution in [1.29, 1.82) is 0 Å². The molecular weight excluding hydrogens is 198 g/mol. The van der Waals surface area contributed by atoms with E-state index in [0.29, 0.717) is 6.42 Å². The Morgan fingerprint density at radius 2 is 2.50 bits per heavy atom. The first kappa shape index (κ1) is 9.40. The number of rotatable bonds is 2. The van der Waals surface area contributed by atoms with Gasteiger partial charge in [-0.25, -0.2) is 4.98 Å². The maximum atomic E-state index is 10.8. The molecule has 0 fully saturated rings. The summed E-state index contributed by atoms with van der Waals surface area (Å²) in [6, 6.07) is 0. The average Bonchev–Trinajstić information content (AvgIpc) is 2.71. The van der Waals surface area contributed by atoms with Crippen molar-refractivity contribution in [2.45, 2.75) is 19.3 Å². The molecule has 0 saturated heterocycles. The molecule has 1 aromatic heterocycles. The van der Waals surface area contributed by atoms with Gasteiger partial charge < -0.3 is 5.11 Å². The summed E-state index contributed by atoms with van der Waals surface area (Å²) in [7, 11) is 0. The molecule has 0 spiro atoms. The van der Waals surface area contributed by atoms with Gasteiger partial charge in [0, 0.05) is 11.6 Å². The van der Waals surface area contributed by atoms with E-state index >= 15 is 0 Å². The lowest BCUT2D eigenvalue weighted by Crippen LogP contribution is -2.16. The predicted octanol–water partition coefficient (Wildman–Crippen LogP) is 2.41. The molecular formula is C10H11NO2S. The molecule has 0 aliphatic heterocycles. The maximum Gasteiger partial charge on any atom is 0.306 e. The molecule has 1 N–H and O–H groups in total. The van der Waals surface area contributed by atoms with E-state index < -0.39 is 5.97 Å². The van der Waals surface area contributed by atoms with Gasteiger partial charge in [0.05, 0.1) is 5.92 Å². The molecule has 0 saturated carbocycles. The van der Waals surface area contributed by atoms with Crippen LogP contribution in [0.15, 0.2) is 17.7 Å². The molecule has 1 unspecified atom stereocenters. The van der Waals surface area contributed by atoms with Gasteiger partial charge in [-0.3, -0.25) is 4.79 Å². The van der Waals surface area contributed by atoms with Crippen molar-refractivity contribution in [3.8, 4) is 0 Å². The van der Waals surface area contributed by atoms with Crippen molar-refractivity contribution in [2.24, 2.45) is 5.92 Å². The third-order valence-corrected chi connectivity index (χ3v) is 3.28. The Balaban J connectivity index is 2.15. The maximum absolute atomic E-state index is 10.8. The summed E-state index contributed by atoms with van der Waals surface area (Å²) in [5, 5.41) is 11.8. The van der Waals surface area contributed by atoms with E-state index in [1.165, 1.54) is 0 Å². The fourth-order valence-electron chi connectivity index (χ4n) is 1.68. The lowest BCUT2D eigenvalue weighted by molar-refractivity contribution is -0.141. The molecule has 14 heavy (non-hydrogen) atoms. The Labute approximate surface area is 86.1 Å². The van der Waals surface area contributed by atoms with Crippen molar-refractivity contribution in [3.05, 3.63) is 22.7 Å². The Hall–Kier alpha value is -1.16. The second-order valence-corrected chi connectivity index (χ2v) is 4.28. The summed E-state index contributed by atoms with van der Waals surface area (Å²) in [6.45, 7) is 0. The van der Waals surface area contributed by atoms with Crippen molar-refractivity contribution in [2.75, 3.05) is 0 Å². The van der Waals surface area contributed by atoms with Crippen LogP contribution in [-0.4, -0.2) is 16.1 Å². The number of carboxylic acid groups (broad SMARTS) is 1. The van der Waals surface area contributed by atoms with Gasteiger partial charge in [0.15, 0.2) is 0 Å². The van der Waals surface area contributed by atoms with E-state index in [0.717, 1.165) is 23.4 Å². The Morgan fingerprint density at radius 1 is 1.64 bits per heavy atom. The minimum absolute atomic E-state index is 0.223. The summed E-state index contributed by atoms with van der Waals surface area (Å²) in [6.07, 6.45) is 6.10. The van der Waals surface area contributed by atoms with Crippen LogP contribution >= 0.6 is 11.3 Å². The summed E-state index contributed by atoms with van der Waals surface area (Å²) in [4.78, 5) is 15.0. The first-order valence-corrected chi connectivity index (χ1v) is 5.47. The highest BCUT2D eigenvalue weighted by molar-refractivity contribution is 7.10. The molecule has 1 heterocycles. The lowest BCUT2D eigenvalue weighted by atomic mass is 9.89. The molecule has 0 amide bonds. The van der Waals surface area contributed by atoms with Crippen LogP contribution in [0.1, 0.15) is 24.3 Å². The van der Waals surface area contributed by atoms with Gasteiger partial charge in [-0.05, 0) is 24.8 Å². The molecule has 74 valence electrons. The van der Waals surface area contributed by atoms with Crippen molar-refractivity contribution in [1.82, 2.24) is 4.98 Å². The summed E-state index contributed by atoms with van der Waals surface area (Å²) in [5.74, 6) is -0.911. The van der Waals surface area contributed by atoms with E-state index in [-0.39, 0.29) is 5.92 Å². The third kappa shape index (κ3) is 1.85. The van der Waals surface area contributed by atoms with Crippen LogP contribution in [-0.2, 0) is 4.79 Å². The quantitative estimate of drug-likeness (QED) is 0.813. The largest absolute Gasteiger partial charge is 0.481 e. The average molecular weight is 209 g/mol. The van der Waals surface area contributed by atoms with Crippen LogP contribution in [0.5, 0.6) is 0 Å². The first-order valence-electron chi connectivity index (χ1n) is 4.59. The zero-order valence-corrected chi connectivity index (χ0v) is 8.46. The number of carbonyl (C=O) groups is 1. The molecule has 0 bridgehead atoms. The van der Waals surface area contributed by atoms with E-state index in [4.69, 9.17) is 5.11 Å². The van der Waals surface area contributed by atoms with E-state index in [1.54, 1.807) is 17.5 Å². The monoisotopic (exact) mass is 209 g/mol. The molecule has 1 atom stereocenters. The van der Waals surface area contributed by atoms with Gasteiger partial charge in [0.25, 0.3) is 0 Å². The summed E-state index contributed by atoms with van der Waals surface area (Å²) < 4.78 is 0. The second kappa shape index (κ2) is 3.92. The number of hydrogen-bond donors (Lipinski definition) is 1. The number of aromatic nitrogens is 1. The van der Waals surface area contributed by atoms with Gasteiger partial charge in [-0.15, -0.1) is 11.3 Å². The van der Waals surface area contributed by atoms with Gasteiger partial charge in [0.1, 0.15) is 5.01 Å². The van der Waals surface area contributed by atoms with Crippen LogP contribution in [0, 0.1) is 5.92 Å². The number of aliphatic carboxylic acids is 1. The number of allylic oxidation sites excluding steroid dienone is 2. The molecule has 1 aliphatic carbocycles. The fourth-order valence-corrected chi connectivity index (χ4v) is 2.37. The first-order chi connectivity index (χ1) is 6.77. The van der Waals surface area contributed by atoms with Crippen LogP contribution in [0.25, 0.3) is 5.57 Å². The lowest BCUT2D eigenvalue weighted by Gasteiger charge is -2.17. The number of thiazole rings is 1. The van der Waals surface area contributed by atoms with Crippen LogP contribution in [0.2, 0.25) is 0 Å². The normalized spacial score (nSPS) is 21.7. The van der Waals surface area contributed by atoms with Crippen LogP contribution in [0.3, 0.4) is 0 Å². The molecule has 0 aromatic carbocycles.